The summed E-state index contributed by atoms with van der Waals surface area (Å²) in [6.45, 7) is 6.40. The van der Waals surface area contributed by atoms with Crippen molar-refractivity contribution < 1.29 is 23.9 Å². The van der Waals surface area contributed by atoms with Crippen LogP contribution in [0.4, 0.5) is 20.6 Å². The van der Waals surface area contributed by atoms with Gasteiger partial charge in [-0.1, -0.05) is 24.3 Å². The summed E-state index contributed by atoms with van der Waals surface area (Å²) in [4.78, 5) is 37.9. The number of nitrogens with zero attached hydrogens (tertiary/aromatic N) is 1. The second kappa shape index (κ2) is 8.72. The molecule has 3 amide bonds. The first kappa shape index (κ1) is 21.9. The molecule has 7 nitrogen and oxygen atoms in total. The second-order valence-corrected chi connectivity index (χ2v) is 7.47. The van der Waals surface area contributed by atoms with Crippen LogP contribution in [0.15, 0.2) is 48.5 Å². The number of carbonyl (C=O) groups excluding carboxylic acids is 2. The minimum Gasteiger partial charge on any atom is -0.465 e. The van der Waals surface area contributed by atoms with Crippen molar-refractivity contribution in [2.24, 2.45) is 0 Å². The number of halogens is 1. The summed E-state index contributed by atoms with van der Waals surface area (Å²) in [5.74, 6) is -2.22. The first-order valence-electron chi connectivity index (χ1n) is 9.00. The molecule has 0 radical (unpaired) electrons. The van der Waals surface area contributed by atoms with E-state index in [-0.39, 0.29) is 11.3 Å². The minimum atomic E-state index is -1.26. The number of rotatable bonds is 5. The van der Waals surface area contributed by atoms with E-state index in [4.69, 9.17) is 0 Å². The fraction of sp³-hybridized carbons (Fsp3) is 0.286. The van der Waals surface area contributed by atoms with Crippen molar-refractivity contribution in [1.29, 1.82) is 0 Å². The number of carbonyl (C=O) groups is 3. The summed E-state index contributed by atoms with van der Waals surface area (Å²) in [5.41, 5.74) is -0.752. The molecule has 3 N–H and O–H groups in total. The van der Waals surface area contributed by atoms with E-state index in [1.54, 1.807) is 51.1 Å². The molecule has 0 heterocycles. The van der Waals surface area contributed by atoms with Gasteiger partial charge < -0.3 is 15.7 Å². The molecule has 2 aromatic rings. The average molecular weight is 401 g/mol. The summed E-state index contributed by atoms with van der Waals surface area (Å²) in [5, 5.41) is 14.5. The van der Waals surface area contributed by atoms with Gasteiger partial charge in [-0.05, 0) is 52.0 Å². The van der Waals surface area contributed by atoms with Crippen molar-refractivity contribution in [2.45, 2.75) is 39.3 Å². The molecule has 0 aromatic heterocycles. The van der Waals surface area contributed by atoms with E-state index in [0.29, 0.717) is 5.69 Å². The quantitative estimate of drug-likeness (QED) is 0.700. The Morgan fingerprint density at radius 2 is 1.62 bits per heavy atom. The Labute approximate surface area is 168 Å². The maximum absolute atomic E-state index is 14.4. The van der Waals surface area contributed by atoms with Crippen LogP contribution < -0.4 is 10.6 Å². The maximum atomic E-state index is 14.4. The molecule has 0 bridgehead atoms. The van der Waals surface area contributed by atoms with Crippen molar-refractivity contribution in [3.63, 3.8) is 0 Å². The molecule has 29 heavy (non-hydrogen) atoms. The second-order valence-electron chi connectivity index (χ2n) is 7.47. The third-order valence-electron chi connectivity index (χ3n) is 4.23. The molecule has 0 saturated heterocycles. The smallest absolute Gasteiger partial charge is 0.408 e. The first-order valence-corrected chi connectivity index (χ1v) is 9.00. The van der Waals surface area contributed by atoms with Crippen molar-refractivity contribution in [2.75, 3.05) is 10.6 Å². The van der Waals surface area contributed by atoms with Crippen LogP contribution in [0.1, 0.15) is 38.1 Å². The molecule has 0 spiro atoms. The fourth-order valence-electron chi connectivity index (χ4n) is 2.96. The third kappa shape index (κ3) is 5.31. The van der Waals surface area contributed by atoms with Gasteiger partial charge in [-0.2, -0.15) is 0 Å². The molecule has 154 valence electrons. The molecule has 0 aliphatic heterocycles. The van der Waals surface area contributed by atoms with E-state index in [1.807, 2.05) is 0 Å². The maximum Gasteiger partial charge on any atom is 0.408 e. The predicted molar refractivity (Wildman–Crippen MR) is 109 cm³/mol. The number of amides is 3. The molecule has 2 rings (SSSR count). The van der Waals surface area contributed by atoms with E-state index < -0.39 is 35.3 Å². The van der Waals surface area contributed by atoms with Gasteiger partial charge in [-0.3, -0.25) is 14.5 Å². The molecule has 8 heteroatoms. The zero-order chi connectivity index (χ0) is 21.8. The van der Waals surface area contributed by atoms with Gasteiger partial charge in [0.2, 0.25) is 5.91 Å². The van der Waals surface area contributed by atoms with Crippen molar-refractivity contribution in [1.82, 2.24) is 4.90 Å². The number of para-hydroxylation sites is 1. The Morgan fingerprint density at radius 1 is 1.00 bits per heavy atom. The molecule has 0 fully saturated rings. The van der Waals surface area contributed by atoms with Crippen LogP contribution >= 0.6 is 0 Å². The van der Waals surface area contributed by atoms with Gasteiger partial charge in [0.15, 0.2) is 0 Å². The zero-order valence-electron chi connectivity index (χ0n) is 16.7. The summed E-state index contributed by atoms with van der Waals surface area (Å²) in [6, 6.07) is 11.3. The predicted octanol–water partition coefficient (Wildman–Crippen LogP) is 4.18. The lowest BCUT2D eigenvalue weighted by molar-refractivity contribution is -0.121. The molecule has 0 aliphatic rings. The average Bonchev–Trinajstić information content (AvgIpc) is 2.60. The van der Waals surface area contributed by atoms with Gasteiger partial charge >= 0.3 is 6.09 Å². The van der Waals surface area contributed by atoms with Gasteiger partial charge in [0.1, 0.15) is 11.9 Å². The van der Waals surface area contributed by atoms with Gasteiger partial charge in [-0.25, -0.2) is 9.18 Å². The molecular weight excluding hydrogens is 377 g/mol. The van der Waals surface area contributed by atoms with Crippen molar-refractivity contribution in [3.05, 3.63) is 59.9 Å². The van der Waals surface area contributed by atoms with Gasteiger partial charge in [0.05, 0.1) is 11.3 Å². The summed E-state index contributed by atoms with van der Waals surface area (Å²) in [7, 11) is 0. The van der Waals surface area contributed by atoms with Crippen LogP contribution in [-0.4, -0.2) is 39.5 Å². The number of hydrogen-bond donors (Lipinski definition) is 3. The van der Waals surface area contributed by atoms with E-state index in [1.165, 1.54) is 19.1 Å². The number of benzene rings is 2. The zero-order valence-corrected chi connectivity index (χ0v) is 16.7. The molecule has 0 aliphatic carbocycles. The SMILES string of the molecule is C[C@@H](C(=O)Nc1cccc(F)c1C(=O)Nc1ccccc1)N(C(=O)O)C(C)(C)C. The van der Waals surface area contributed by atoms with Gasteiger partial charge in [0.25, 0.3) is 5.91 Å². The lowest BCUT2D eigenvalue weighted by Gasteiger charge is -2.37. The topological polar surface area (TPSA) is 98.7 Å². The van der Waals surface area contributed by atoms with E-state index in [0.717, 1.165) is 11.0 Å². The Kier molecular flexibility index (Phi) is 6.58. The van der Waals surface area contributed by atoms with E-state index in [9.17, 15) is 23.9 Å². The lowest BCUT2D eigenvalue weighted by atomic mass is 10.0. The Hall–Kier alpha value is -3.42. The third-order valence-corrected chi connectivity index (χ3v) is 4.23. The molecule has 1 atom stereocenters. The summed E-state index contributed by atoms with van der Waals surface area (Å²) >= 11 is 0. The highest BCUT2D eigenvalue weighted by atomic mass is 19.1. The molecule has 0 saturated carbocycles. The summed E-state index contributed by atoms with van der Waals surface area (Å²) in [6.07, 6.45) is -1.26. The number of carboxylic acid groups (broad SMARTS) is 1. The highest BCUT2D eigenvalue weighted by Gasteiger charge is 2.35. The van der Waals surface area contributed by atoms with Crippen LogP contribution in [0.5, 0.6) is 0 Å². The molecular formula is C21H24FN3O4. The normalized spacial score (nSPS) is 12.0. The van der Waals surface area contributed by atoms with E-state index in [2.05, 4.69) is 10.6 Å². The van der Waals surface area contributed by atoms with Gasteiger partial charge in [0, 0.05) is 11.2 Å². The Balaban J connectivity index is 2.29. The largest absolute Gasteiger partial charge is 0.465 e. The lowest BCUT2D eigenvalue weighted by Crippen LogP contribution is -2.54. The number of hydrogen-bond acceptors (Lipinski definition) is 3. The fourth-order valence-corrected chi connectivity index (χ4v) is 2.96. The van der Waals surface area contributed by atoms with Crippen LogP contribution in [0, 0.1) is 5.82 Å². The Bertz CT molecular complexity index is 910. The number of anilines is 2. The van der Waals surface area contributed by atoms with Crippen LogP contribution in [-0.2, 0) is 4.79 Å². The number of nitrogens with one attached hydrogen (secondary N) is 2. The Morgan fingerprint density at radius 3 is 2.17 bits per heavy atom. The minimum absolute atomic E-state index is 0.0467. The summed E-state index contributed by atoms with van der Waals surface area (Å²) < 4.78 is 14.4. The van der Waals surface area contributed by atoms with Crippen LogP contribution in [0.3, 0.4) is 0 Å². The van der Waals surface area contributed by atoms with Crippen LogP contribution in [0.25, 0.3) is 0 Å². The first-order chi connectivity index (χ1) is 13.5. The van der Waals surface area contributed by atoms with Crippen molar-refractivity contribution >= 4 is 29.3 Å². The van der Waals surface area contributed by atoms with E-state index >= 15 is 0 Å². The standard InChI is InChI=1S/C21H24FN3O4/c1-13(25(20(28)29)21(2,3)4)18(26)24-16-12-8-11-15(22)17(16)19(27)23-14-9-6-5-7-10-14/h5-13H,1-4H3,(H,23,27)(H,24,26)(H,28,29)/t13-/m0/s1. The van der Waals surface area contributed by atoms with Crippen LogP contribution in [0.2, 0.25) is 0 Å². The monoisotopic (exact) mass is 401 g/mol. The molecule has 0 unspecified atom stereocenters. The highest BCUT2D eigenvalue weighted by molar-refractivity contribution is 6.10. The molecule has 2 aromatic carbocycles. The highest BCUT2D eigenvalue weighted by Crippen LogP contribution is 2.23. The van der Waals surface area contributed by atoms with Gasteiger partial charge in [-0.15, -0.1) is 0 Å². The van der Waals surface area contributed by atoms with Crippen molar-refractivity contribution in [3.8, 4) is 0 Å².